The van der Waals surface area contributed by atoms with Crippen molar-refractivity contribution in [2.75, 3.05) is 43.1 Å². The van der Waals surface area contributed by atoms with Crippen LogP contribution in [0.1, 0.15) is 62.9 Å². The highest BCUT2D eigenvalue weighted by Gasteiger charge is 2.46. The number of halogens is 1. The molecule has 9 rings (SSSR count). The average molecular weight is 747 g/mol. The fraction of sp³-hybridized carbons (Fsp3) is 0.191. The van der Waals surface area contributed by atoms with Gasteiger partial charge in [0.2, 0.25) is 0 Å². The number of fused-ring (bicyclic) bond motifs is 7. The number of ether oxygens (including phenoxy) is 4. The maximum atomic E-state index is 13.9. The molecule has 280 valence electrons. The van der Waals surface area contributed by atoms with E-state index in [2.05, 4.69) is 66.1 Å². The Morgan fingerprint density at radius 2 is 1.43 bits per heavy atom. The number of anilines is 2. The number of benzene rings is 5. The fourth-order valence-corrected chi connectivity index (χ4v) is 8.47. The maximum absolute atomic E-state index is 13.9. The molecule has 0 bridgehead atoms. The van der Waals surface area contributed by atoms with Crippen LogP contribution in [0.5, 0.6) is 17.2 Å². The molecule has 0 aromatic heterocycles. The number of nitrogens with zero attached hydrogens (tertiary/aromatic N) is 2. The number of hydrogen-bond donors (Lipinski definition) is 0. The number of methoxy groups -OCH3 is 1. The predicted molar refractivity (Wildman–Crippen MR) is 213 cm³/mol. The van der Waals surface area contributed by atoms with Crippen molar-refractivity contribution in [2.24, 2.45) is 0 Å². The first kappa shape index (κ1) is 35.1. The van der Waals surface area contributed by atoms with E-state index >= 15 is 0 Å². The molecule has 0 N–H and O–H groups in total. The summed E-state index contributed by atoms with van der Waals surface area (Å²) >= 11 is 0. The van der Waals surface area contributed by atoms with E-state index in [0.717, 1.165) is 48.9 Å². The van der Waals surface area contributed by atoms with Crippen molar-refractivity contribution < 1.29 is 32.9 Å². The van der Waals surface area contributed by atoms with Crippen molar-refractivity contribution in [3.8, 4) is 17.2 Å². The van der Waals surface area contributed by atoms with Crippen LogP contribution in [0.15, 0.2) is 139 Å². The maximum Gasteiger partial charge on any atom is 0.346 e. The highest BCUT2D eigenvalue weighted by molar-refractivity contribution is 5.97. The molecule has 1 saturated heterocycles. The normalized spacial score (nSPS) is 17.5. The average Bonchev–Trinajstić information content (AvgIpc) is 3.47. The summed E-state index contributed by atoms with van der Waals surface area (Å²) < 4.78 is 37.2. The zero-order chi connectivity index (χ0) is 38.6. The summed E-state index contributed by atoms with van der Waals surface area (Å²) in [7, 11) is 1.73. The smallest absolute Gasteiger partial charge is 0.346 e. The van der Waals surface area contributed by atoms with Gasteiger partial charge in [-0.2, -0.15) is 0 Å². The third-order valence-corrected chi connectivity index (χ3v) is 11.2. The Kier molecular flexibility index (Phi) is 8.72. The van der Waals surface area contributed by atoms with Gasteiger partial charge in [0.05, 0.1) is 30.2 Å². The molecule has 0 radical (unpaired) electrons. The molecule has 0 spiro atoms. The van der Waals surface area contributed by atoms with Crippen LogP contribution in [-0.2, 0) is 10.2 Å². The van der Waals surface area contributed by atoms with Gasteiger partial charge < -0.3 is 28.7 Å². The van der Waals surface area contributed by atoms with Crippen molar-refractivity contribution in [3.63, 3.8) is 0 Å². The molecule has 4 aliphatic rings. The Labute approximate surface area is 324 Å². The SMILES string of the molecule is COc1cc2c(cc1N1CCN(c3ccc(OC(=O)c4ccc(OC(=O)c5ccccc5F)cc4)cc3)CC1)C1=C(C3=CC=COC32)C(C)(C)c2ccccc21. The first-order valence-corrected chi connectivity index (χ1v) is 18.7. The van der Waals surface area contributed by atoms with Gasteiger partial charge in [-0.1, -0.05) is 56.3 Å². The molecule has 1 atom stereocenters. The van der Waals surface area contributed by atoms with E-state index in [1.807, 2.05) is 18.2 Å². The topological polar surface area (TPSA) is 77.5 Å². The number of piperazine rings is 1. The lowest BCUT2D eigenvalue weighted by atomic mass is 9.72. The van der Waals surface area contributed by atoms with Gasteiger partial charge in [0.25, 0.3) is 0 Å². The molecule has 8 nitrogen and oxygen atoms in total. The number of rotatable bonds is 7. The first-order valence-electron chi connectivity index (χ1n) is 18.7. The minimum Gasteiger partial charge on any atom is -0.495 e. The monoisotopic (exact) mass is 746 g/mol. The van der Waals surface area contributed by atoms with Gasteiger partial charge in [-0.15, -0.1) is 0 Å². The second-order valence-corrected chi connectivity index (χ2v) is 14.7. The van der Waals surface area contributed by atoms with Crippen LogP contribution in [0.4, 0.5) is 15.8 Å². The van der Waals surface area contributed by atoms with Crippen LogP contribution in [0.25, 0.3) is 5.57 Å². The lowest BCUT2D eigenvalue weighted by Gasteiger charge is -2.39. The van der Waals surface area contributed by atoms with Crippen LogP contribution in [0, 0.1) is 5.82 Å². The highest BCUT2D eigenvalue weighted by Crippen LogP contribution is 2.59. The largest absolute Gasteiger partial charge is 0.495 e. The van der Waals surface area contributed by atoms with E-state index in [4.69, 9.17) is 18.9 Å². The zero-order valence-electron chi connectivity index (χ0n) is 31.3. The summed E-state index contributed by atoms with van der Waals surface area (Å²) in [6.45, 7) is 7.79. The highest BCUT2D eigenvalue weighted by atomic mass is 19.1. The van der Waals surface area contributed by atoms with Gasteiger partial charge in [0.15, 0.2) is 0 Å². The first-order chi connectivity index (χ1) is 27.2. The number of carbonyl (C=O) groups is 2. The van der Waals surface area contributed by atoms with Crippen LogP contribution < -0.4 is 24.0 Å². The second-order valence-electron chi connectivity index (χ2n) is 14.7. The van der Waals surface area contributed by atoms with E-state index in [1.165, 1.54) is 75.9 Å². The Bertz CT molecular complexity index is 2480. The number of hydrogen-bond acceptors (Lipinski definition) is 8. The minimum atomic E-state index is -0.821. The van der Waals surface area contributed by atoms with Gasteiger partial charge >= 0.3 is 11.9 Å². The Balaban J connectivity index is 0.880. The molecule has 9 heteroatoms. The molecule has 1 fully saturated rings. The summed E-state index contributed by atoms with van der Waals surface area (Å²) in [6, 6.07) is 32.2. The van der Waals surface area contributed by atoms with Gasteiger partial charge in [-0.3, -0.25) is 0 Å². The molecule has 2 aliphatic carbocycles. The van der Waals surface area contributed by atoms with Crippen LogP contribution in [0.2, 0.25) is 0 Å². The Morgan fingerprint density at radius 1 is 0.768 bits per heavy atom. The van der Waals surface area contributed by atoms with Crippen LogP contribution >= 0.6 is 0 Å². The van der Waals surface area contributed by atoms with Gasteiger partial charge in [-0.05, 0) is 107 Å². The number of esters is 2. The van der Waals surface area contributed by atoms with Crippen molar-refractivity contribution in [1.29, 1.82) is 0 Å². The molecular formula is C47H39FN2O6. The van der Waals surface area contributed by atoms with Crippen molar-refractivity contribution >= 4 is 28.9 Å². The predicted octanol–water partition coefficient (Wildman–Crippen LogP) is 9.22. The van der Waals surface area contributed by atoms with Gasteiger partial charge in [-0.25, -0.2) is 14.0 Å². The molecule has 2 aliphatic heterocycles. The summed E-state index contributed by atoms with van der Waals surface area (Å²) in [6.07, 6.45) is 5.78. The molecule has 5 aromatic carbocycles. The second kappa shape index (κ2) is 13.9. The summed E-state index contributed by atoms with van der Waals surface area (Å²) in [5, 5.41) is 0. The quantitative estimate of drug-likeness (QED) is 0.121. The number of carbonyl (C=O) groups excluding carboxylic acids is 2. The third kappa shape index (κ3) is 6.00. The lowest BCUT2D eigenvalue weighted by molar-refractivity contribution is 0.0727. The summed E-state index contributed by atoms with van der Waals surface area (Å²) in [5.74, 6) is -0.622. The molecular weight excluding hydrogens is 708 g/mol. The Hall–Kier alpha value is -6.61. The van der Waals surface area contributed by atoms with Crippen LogP contribution in [0.3, 0.4) is 0 Å². The molecule has 56 heavy (non-hydrogen) atoms. The van der Waals surface area contributed by atoms with E-state index in [0.29, 0.717) is 5.75 Å². The Morgan fingerprint density at radius 3 is 2.16 bits per heavy atom. The molecule has 0 amide bonds. The molecule has 2 heterocycles. The molecule has 5 aromatic rings. The van der Waals surface area contributed by atoms with Gasteiger partial charge in [0.1, 0.15) is 29.2 Å². The molecule has 1 unspecified atom stereocenters. The van der Waals surface area contributed by atoms with E-state index in [1.54, 1.807) is 31.6 Å². The van der Waals surface area contributed by atoms with Crippen LogP contribution in [-0.4, -0.2) is 45.2 Å². The van der Waals surface area contributed by atoms with Gasteiger partial charge in [0, 0.05) is 48.4 Å². The van der Waals surface area contributed by atoms with Crippen molar-refractivity contribution in [1.82, 2.24) is 0 Å². The zero-order valence-corrected chi connectivity index (χ0v) is 31.3. The number of allylic oxidation sites excluding steroid dienone is 2. The van der Waals surface area contributed by atoms with E-state index < -0.39 is 17.8 Å². The van der Waals surface area contributed by atoms with E-state index in [-0.39, 0.29) is 28.4 Å². The van der Waals surface area contributed by atoms with Crippen molar-refractivity contribution in [3.05, 3.63) is 178 Å². The standard InChI is InChI=1S/C47H39FN2O6/c1-47(2)38-12-6-4-9-33(38)42-36-27-40(41(53-3)28-37(36)44-35(43(42)47)11-8-26-54-44)50-24-22-49(23-25-50)30-16-20-32(21-17-30)55-45(51)29-14-18-31(19-15-29)56-46(52)34-10-5-7-13-39(34)48/h4-21,26-28,44H,22-25H2,1-3H3. The fourth-order valence-electron chi connectivity index (χ4n) is 8.47. The lowest BCUT2D eigenvalue weighted by Crippen LogP contribution is -2.46. The van der Waals surface area contributed by atoms with E-state index in [9.17, 15) is 14.0 Å². The third-order valence-electron chi connectivity index (χ3n) is 11.2. The van der Waals surface area contributed by atoms with Crippen molar-refractivity contribution in [2.45, 2.75) is 25.4 Å². The summed E-state index contributed by atoms with van der Waals surface area (Å²) in [4.78, 5) is 30.0. The summed E-state index contributed by atoms with van der Waals surface area (Å²) in [5.41, 5.74) is 10.8. The minimum absolute atomic E-state index is 0.169. The molecule has 0 saturated carbocycles.